The number of nitrogens with one attached hydrogen (secondary N) is 2. The van der Waals surface area contributed by atoms with Crippen molar-refractivity contribution in [2.45, 2.75) is 20.1 Å². The molecule has 5 aromatic rings. The molecule has 5 aromatic carbocycles. The molecule has 0 fully saturated rings. The van der Waals surface area contributed by atoms with E-state index in [-0.39, 0.29) is 24.3 Å². The first-order valence-corrected chi connectivity index (χ1v) is 14.6. The number of esters is 3. The van der Waals surface area contributed by atoms with Gasteiger partial charge in [0, 0.05) is 18.2 Å². The highest BCUT2D eigenvalue weighted by Crippen LogP contribution is 2.29. The summed E-state index contributed by atoms with van der Waals surface area (Å²) < 4.78 is 15.1. The van der Waals surface area contributed by atoms with Crippen molar-refractivity contribution in [2.75, 3.05) is 32.1 Å². The van der Waals surface area contributed by atoms with Crippen LogP contribution >= 0.6 is 0 Å². The third kappa shape index (κ3) is 7.93. The molecule has 0 aliphatic heterocycles. The number of hydrogen-bond donors (Lipinski definition) is 2. The first kappa shape index (κ1) is 33.5. The third-order valence-electron chi connectivity index (χ3n) is 7.29. The number of amides is 1. The molecule has 0 aliphatic rings. The van der Waals surface area contributed by atoms with Gasteiger partial charge in [-0.05, 0) is 93.8 Å². The van der Waals surface area contributed by atoms with E-state index in [1.165, 1.54) is 34.3 Å². The van der Waals surface area contributed by atoms with Crippen molar-refractivity contribution >= 4 is 56.7 Å². The summed E-state index contributed by atoms with van der Waals surface area (Å²) in [6, 6.07) is 24.0. The molecule has 0 bridgehead atoms. The first-order chi connectivity index (χ1) is 23.2. The van der Waals surface area contributed by atoms with E-state index in [4.69, 9.17) is 28.8 Å². The van der Waals surface area contributed by atoms with Gasteiger partial charge in [0.1, 0.15) is 19.0 Å². The lowest BCUT2D eigenvalue weighted by Gasteiger charge is -2.14. The summed E-state index contributed by atoms with van der Waals surface area (Å²) in [7, 11) is 3.95. The van der Waals surface area contributed by atoms with Crippen molar-refractivity contribution in [1.82, 2.24) is 0 Å². The summed E-state index contributed by atoms with van der Waals surface area (Å²) in [6.45, 7) is 1.66. The number of hydrogen-bond acceptors (Lipinski definition) is 11. The minimum absolute atomic E-state index is 0.0613. The van der Waals surface area contributed by atoms with E-state index >= 15 is 0 Å². The minimum Gasteiger partial charge on any atom is -0.465 e. The highest BCUT2D eigenvalue weighted by Gasteiger charge is 2.20. The van der Waals surface area contributed by atoms with Crippen LogP contribution in [0.15, 0.2) is 84.9 Å². The maximum atomic E-state index is 13.4. The van der Waals surface area contributed by atoms with Crippen LogP contribution in [-0.4, -0.2) is 45.1 Å². The molecule has 0 heterocycles. The van der Waals surface area contributed by atoms with E-state index in [0.29, 0.717) is 39.0 Å². The average Bonchev–Trinajstić information content (AvgIpc) is 3.09. The van der Waals surface area contributed by atoms with Gasteiger partial charge in [0.15, 0.2) is 0 Å². The summed E-state index contributed by atoms with van der Waals surface area (Å²) in [6.07, 6.45) is 0. The first-order valence-electron chi connectivity index (χ1n) is 14.6. The summed E-state index contributed by atoms with van der Waals surface area (Å²) in [5, 5.41) is 5.76. The zero-order valence-corrected chi connectivity index (χ0v) is 26.6. The van der Waals surface area contributed by atoms with Crippen LogP contribution in [0, 0.1) is 0 Å². The molecule has 246 valence electrons. The molecule has 12 nitrogen and oxygen atoms in total. The Hall–Kier alpha value is -5.82. The third-order valence-corrected chi connectivity index (χ3v) is 7.29. The number of anilines is 2. The van der Waals surface area contributed by atoms with E-state index in [1.54, 1.807) is 54.6 Å². The second kappa shape index (κ2) is 15.2. The van der Waals surface area contributed by atoms with Crippen LogP contribution < -0.4 is 15.5 Å². The molecule has 48 heavy (non-hydrogen) atoms. The standard InChI is InChI=1S/C36H32N2O10/c1-21(39)48-33-18-24-6-5-22(19-47-45-4)13-26(24)15-28(33)20-46-38-30-11-9-29(10-12-30)37-34(40)31-17-27-14-25(35(41)43-2)8-7-23(27)16-32(31)36(42)44-3/h5-18,38H,19-20H2,1-4H3,(H,37,40). The highest BCUT2D eigenvalue weighted by atomic mass is 17.2. The van der Waals surface area contributed by atoms with Crippen molar-refractivity contribution in [1.29, 1.82) is 0 Å². The lowest BCUT2D eigenvalue weighted by atomic mass is 9.98. The number of carbonyl (C=O) groups is 4. The Morgan fingerprint density at radius 3 is 2.02 bits per heavy atom. The molecule has 0 saturated carbocycles. The highest BCUT2D eigenvalue weighted by molar-refractivity contribution is 6.14. The second-order valence-corrected chi connectivity index (χ2v) is 10.5. The van der Waals surface area contributed by atoms with Gasteiger partial charge >= 0.3 is 17.9 Å². The number of benzene rings is 5. The molecule has 0 saturated heterocycles. The SMILES string of the molecule is COOCc1ccc2cc(OC(C)=O)c(CONc3ccc(NC(=O)c4cc5cc(C(=O)OC)ccc5cc4C(=O)OC)cc3)cc2c1. The quantitative estimate of drug-likeness (QED) is 0.0671. The average molecular weight is 653 g/mol. The summed E-state index contributed by atoms with van der Waals surface area (Å²) in [5.41, 5.74) is 5.86. The topological polar surface area (TPSA) is 148 Å². The van der Waals surface area contributed by atoms with Gasteiger partial charge < -0.3 is 19.5 Å². The number of methoxy groups -OCH3 is 2. The lowest BCUT2D eigenvalue weighted by Crippen LogP contribution is -2.17. The lowest BCUT2D eigenvalue weighted by molar-refractivity contribution is -0.282. The van der Waals surface area contributed by atoms with Gasteiger partial charge in [-0.2, -0.15) is 0 Å². The maximum absolute atomic E-state index is 13.4. The predicted octanol–water partition coefficient (Wildman–Crippen LogP) is 6.37. The Kier molecular flexibility index (Phi) is 10.6. The Balaban J connectivity index is 1.29. The summed E-state index contributed by atoms with van der Waals surface area (Å²) in [4.78, 5) is 65.2. The fourth-order valence-corrected chi connectivity index (χ4v) is 4.98. The molecular formula is C36H32N2O10. The van der Waals surface area contributed by atoms with Crippen LogP contribution in [0.5, 0.6) is 5.75 Å². The molecule has 2 N–H and O–H groups in total. The van der Waals surface area contributed by atoms with Crippen LogP contribution in [0.25, 0.3) is 21.5 Å². The molecule has 0 atom stereocenters. The van der Waals surface area contributed by atoms with Gasteiger partial charge in [-0.15, -0.1) is 0 Å². The molecular weight excluding hydrogens is 620 g/mol. The Bertz CT molecular complexity index is 2010. The van der Waals surface area contributed by atoms with Crippen molar-refractivity contribution in [2.24, 2.45) is 0 Å². The number of rotatable bonds is 12. The van der Waals surface area contributed by atoms with Gasteiger partial charge in [-0.1, -0.05) is 18.2 Å². The molecule has 0 unspecified atom stereocenters. The molecule has 0 aliphatic carbocycles. The number of carbonyl (C=O) groups excluding carboxylic acids is 4. The zero-order chi connectivity index (χ0) is 34.2. The molecule has 1 amide bonds. The summed E-state index contributed by atoms with van der Waals surface area (Å²) in [5.74, 6) is -1.84. The molecule has 5 rings (SSSR count). The van der Waals surface area contributed by atoms with Crippen molar-refractivity contribution in [3.8, 4) is 5.75 Å². The monoisotopic (exact) mass is 652 g/mol. The van der Waals surface area contributed by atoms with Crippen LogP contribution in [0.1, 0.15) is 49.1 Å². The zero-order valence-electron chi connectivity index (χ0n) is 26.6. The van der Waals surface area contributed by atoms with Crippen LogP contribution in [0.2, 0.25) is 0 Å². The van der Waals surface area contributed by atoms with Crippen molar-refractivity contribution in [3.63, 3.8) is 0 Å². The van der Waals surface area contributed by atoms with E-state index in [0.717, 1.165) is 16.3 Å². The smallest absolute Gasteiger partial charge is 0.338 e. The molecule has 12 heteroatoms. The van der Waals surface area contributed by atoms with Crippen molar-refractivity contribution in [3.05, 3.63) is 113 Å². The van der Waals surface area contributed by atoms with Gasteiger partial charge in [0.05, 0.1) is 43.7 Å². The van der Waals surface area contributed by atoms with Crippen LogP contribution in [-0.2, 0) is 42.1 Å². The Morgan fingerprint density at radius 1 is 0.646 bits per heavy atom. The van der Waals surface area contributed by atoms with Gasteiger partial charge in [0.2, 0.25) is 0 Å². The molecule has 0 aromatic heterocycles. The predicted molar refractivity (Wildman–Crippen MR) is 176 cm³/mol. The normalized spacial score (nSPS) is 10.8. The van der Waals surface area contributed by atoms with E-state index in [2.05, 4.69) is 10.8 Å². The van der Waals surface area contributed by atoms with Crippen molar-refractivity contribution < 1.29 is 48.0 Å². The fraction of sp³-hybridized carbons (Fsp3) is 0.167. The maximum Gasteiger partial charge on any atom is 0.338 e. The minimum atomic E-state index is -0.681. The Labute approximate surface area is 275 Å². The number of ether oxygens (including phenoxy) is 3. The van der Waals surface area contributed by atoms with Crippen LogP contribution in [0.4, 0.5) is 11.4 Å². The Morgan fingerprint density at radius 2 is 1.31 bits per heavy atom. The van der Waals surface area contributed by atoms with Crippen LogP contribution in [0.3, 0.4) is 0 Å². The molecule has 0 radical (unpaired) electrons. The van der Waals surface area contributed by atoms with Gasteiger partial charge in [-0.3, -0.25) is 19.9 Å². The molecule has 0 spiro atoms. The fourth-order valence-electron chi connectivity index (χ4n) is 4.98. The number of fused-ring (bicyclic) bond motifs is 2. The second-order valence-electron chi connectivity index (χ2n) is 10.5. The largest absolute Gasteiger partial charge is 0.465 e. The van der Waals surface area contributed by atoms with E-state index in [1.807, 2.05) is 24.3 Å². The van der Waals surface area contributed by atoms with Gasteiger partial charge in [0.25, 0.3) is 5.91 Å². The summed E-state index contributed by atoms with van der Waals surface area (Å²) >= 11 is 0. The van der Waals surface area contributed by atoms with E-state index < -0.39 is 23.8 Å². The van der Waals surface area contributed by atoms with E-state index in [9.17, 15) is 19.2 Å². The van der Waals surface area contributed by atoms with Gasteiger partial charge in [-0.25, -0.2) is 19.4 Å².